The zero-order valence-corrected chi connectivity index (χ0v) is 10.5. The minimum Gasteiger partial charge on any atom is -0.133 e. The first kappa shape index (κ1) is 23.6. The Balaban J connectivity index is -0.0000000600. The second kappa shape index (κ2) is 52.7. The Morgan fingerprint density at radius 3 is 1.38 bits per heavy atom. The summed E-state index contributed by atoms with van der Waals surface area (Å²) < 4.78 is 0. The Labute approximate surface area is 102 Å². The highest BCUT2D eigenvalue weighted by atomic mass is 13.5. The summed E-state index contributed by atoms with van der Waals surface area (Å²) in [6, 6.07) is 0. The van der Waals surface area contributed by atoms with Crippen molar-refractivity contribution in [3.63, 3.8) is 0 Å². The summed E-state index contributed by atoms with van der Waals surface area (Å²) in [6.45, 7) is 17.1. The molecular weight excluding hydrogens is 192 g/mol. The van der Waals surface area contributed by atoms with Crippen LogP contribution < -0.4 is 0 Å². The molecule has 0 rings (SSSR count). The molecule has 0 aromatic rings. The second-order valence-electron chi connectivity index (χ2n) is 1.89. The summed E-state index contributed by atoms with van der Waals surface area (Å²) >= 11 is 0. The van der Waals surface area contributed by atoms with Crippen molar-refractivity contribution in [2.75, 3.05) is 0 Å². The van der Waals surface area contributed by atoms with Gasteiger partial charge < -0.3 is 0 Å². The predicted molar refractivity (Wildman–Crippen MR) is 77.9 cm³/mol. The van der Waals surface area contributed by atoms with Gasteiger partial charge in [0, 0.05) is 6.42 Å². The van der Waals surface area contributed by atoms with Crippen molar-refractivity contribution in [1.82, 2.24) is 0 Å². The van der Waals surface area contributed by atoms with Crippen molar-refractivity contribution in [3.05, 3.63) is 56.4 Å². The molecule has 0 aliphatic heterocycles. The Bertz CT molecular complexity index is 253. The SMILES string of the molecule is C#CC=C.C#CCC.C=C=CC.C=CC=C. The normalized spacial score (nSPS) is 4.50. The van der Waals surface area contributed by atoms with Gasteiger partial charge in [0.25, 0.3) is 0 Å². The lowest BCUT2D eigenvalue weighted by atomic mass is 10.5. The van der Waals surface area contributed by atoms with E-state index >= 15 is 0 Å². The first-order chi connectivity index (χ1) is 7.66. The Morgan fingerprint density at radius 2 is 1.38 bits per heavy atom. The maximum absolute atomic E-state index is 4.78. The Hall–Kier alpha value is -2.14. The van der Waals surface area contributed by atoms with E-state index in [0.717, 1.165) is 6.42 Å². The highest BCUT2D eigenvalue weighted by molar-refractivity contribution is 5.03. The quantitative estimate of drug-likeness (QED) is 0.341. The first-order valence-corrected chi connectivity index (χ1v) is 4.70. The van der Waals surface area contributed by atoms with Gasteiger partial charge in [-0.05, 0) is 19.1 Å². The number of hydrogen-bond acceptors (Lipinski definition) is 0. The lowest BCUT2D eigenvalue weighted by Gasteiger charge is -1.52. The molecule has 0 radical (unpaired) electrons. The standard InChI is InChI=1S/3C4H6.C4H4/c4*1-3-4-2/h4H,1H2,2H3;3-4H,1-2H2;1H,4H2,2H3;1,4H,2H2. The fourth-order valence-electron chi connectivity index (χ4n) is 0. The van der Waals surface area contributed by atoms with Gasteiger partial charge in [-0.1, -0.05) is 51.3 Å². The van der Waals surface area contributed by atoms with Crippen LogP contribution in [-0.4, -0.2) is 0 Å². The van der Waals surface area contributed by atoms with Crippen molar-refractivity contribution in [2.24, 2.45) is 0 Å². The second-order valence-corrected chi connectivity index (χ2v) is 1.89. The molecule has 0 saturated carbocycles. The molecule has 0 heteroatoms. The number of rotatable bonds is 1. The average Bonchev–Trinajstić information content (AvgIpc) is 2.39. The Morgan fingerprint density at radius 1 is 1.12 bits per heavy atom. The topological polar surface area (TPSA) is 0 Å². The van der Waals surface area contributed by atoms with Crippen LogP contribution in [0.4, 0.5) is 0 Å². The molecule has 16 heavy (non-hydrogen) atoms. The molecule has 0 aliphatic rings. The van der Waals surface area contributed by atoms with E-state index in [9.17, 15) is 0 Å². The molecule has 0 unspecified atom stereocenters. The molecule has 0 nitrogen and oxygen atoms in total. The zero-order chi connectivity index (χ0) is 13.7. The van der Waals surface area contributed by atoms with E-state index in [1.807, 2.05) is 13.8 Å². The zero-order valence-electron chi connectivity index (χ0n) is 10.5. The fraction of sp³-hybridized carbons (Fsp3) is 0.188. The van der Waals surface area contributed by atoms with Gasteiger partial charge in [0.2, 0.25) is 0 Å². The van der Waals surface area contributed by atoms with Crippen LogP contribution in [0.5, 0.6) is 0 Å². The van der Waals surface area contributed by atoms with Crippen molar-refractivity contribution >= 4 is 0 Å². The molecule has 0 atom stereocenters. The molecule has 86 valence electrons. The summed E-state index contributed by atoms with van der Waals surface area (Å²) in [7, 11) is 0. The molecule has 0 aromatic heterocycles. The average molecular weight is 214 g/mol. The summed E-state index contributed by atoms with van der Waals surface area (Å²) in [5.41, 5.74) is 2.56. The van der Waals surface area contributed by atoms with Gasteiger partial charge in [-0.15, -0.1) is 24.5 Å². The molecule has 0 amide bonds. The van der Waals surface area contributed by atoms with Crippen LogP contribution in [0.3, 0.4) is 0 Å². The molecule has 0 aliphatic carbocycles. The van der Waals surface area contributed by atoms with Gasteiger partial charge in [0.05, 0.1) is 0 Å². The van der Waals surface area contributed by atoms with E-state index in [4.69, 9.17) is 6.42 Å². The third-order valence-electron chi connectivity index (χ3n) is 0.693. The van der Waals surface area contributed by atoms with E-state index in [1.165, 1.54) is 6.08 Å². The lowest BCUT2D eigenvalue weighted by Crippen LogP contribution is -1.38. The number of allylic oxidation sites excluding steroid dienone is 4. The van der Waals surface area contributed by atoms with E-state index in [-0.39, 0.29) is 0 Å². The van der Waals surface area contributed by atoms with Gasteiger partial charge in [0.1, 0.15) is 0 Å². The van der Waals surface area contributed by atoms with Gasteiger partial charge >= 0.3 is 0 Å². The molecule has 0 bridgehead atoms. The number of hydrogen-bond donors (Lipinski definition) is 0. The van der Waals surface area contributed by atoms with Crippen LogP contribution in [0.1, 0.15) is 20.3 Å². The predicted octanol–water partition coefficient (Wildman–Crippen LogP) is 4.54. The third kappa shape index (κ3) is 404. The van der Waals surface area contributed by atoms with E-state index in [2.05, 4.69) is 50.3 Å². The molecule has 0 aromatic carbocycles. The maximum atomic E-state index is 4.78. The van der Waals surface area contributed by atoms with Crippen LogP contribution in [-0.2, 0) is 0 Å². The molecule has 0 saturated heterocycles. The minimum atomic E-state index is 0.847. The van der Waals surface area contributed by atoms with Crippen molar-refractivity contribution in [1.29, 1.82) is 0 Å². The number of terminal acetylenes is 2. The molecule has 0 fully saturated rings. The lowest BCUT2D eigenvalue weighted by molar-refractivity contribution is 1.28. The van der Waals surface area contributed by atoms with Crippen LogP contribution >= 0.6 is 0 Å². The largest absolute Gasteiger partial charge is 0.133 e. The maximum Gasteiger partial charge on any atom is 0.00576 e. The molecule has 0 N–H and O–H groups in total. The smallest absolute Gasteiger partial charge is 0.00576 e. The van der Waals surface area contributed by atoms with E-state index in [1.54, 1.807) is 18.2 Å². The van der Waals surface area contributed by atoms with Gasteiger partial charge in [-0.2, -0.15) is 0 Å². The highest BCUT2D eigenvalue weighted by Crippen LogP contribution is 1.58. The Kier molecular flexibility index (Phi) is 77.6. The highest BCUT2D eigenvalue weighted by Gasteiger charge is 1.43. The molecule has 0 heterocycles. The van der Waals surface area contributed by atoms with E-state index in [0.29, 0.717) is 0 Å². The van der Waals surface area contributed by atoms with Crippen molar-refractivity contribution in [3.8, 4) is 24.7 Å². The van der Waals surface area contributed by atoms with Crippen LogP contribution in [0.25, 0.3) is 0 Å². The summed E-state index contributed by atoms with van der Waals surface area (Å²) in [4.78, 5) is 0. The van der Waals surface area contributed by atoms with Crippen molar-refractivity contribution < 1.29 is 0 Å². The monoisotopic (exact) mass is 214 g/mol. The van der Waals surface area contributed by atoms with Crippen LogP contribution in [0.15, 0.2) is 56.4 Å². The van der Waals surface area contributed by atoms with Gasteiger partial charge in [0.15, 0.2) is 0 Å². The minimum absolute atomic E-state index is 0.847. The summed E-state index contributed by atoms with van der Waals surface area (Å²) in [5.74, 6) is 4.62. The van der Waals surface area contributed by atoms with E-state index < -0.39 is 0 Å². The van der Waals surface area contributed by atoms with Crippen LogP contribution in [0.2, 0.25) is 0 Å². The first-order valence-electron chi connectivity index (χ1n) is 4.70. The molecule has 0 spiro atoms. The van der Waals surface area contributed by atoms with Crippen molar-refractivity contribution in [2.45, 2.75) is 20.3 Å². The van der Waals surface area contributed by atoms with Crippen LogP contribution in [0, 0.1) is 24.7 Å². The van der Waals surface area contributed by atoms with Gasteiger partial charge in [-0.25, -0.2) is 0 Å². The fourth-order valence-corrected chi connectivity index (χ4v) is 0. The summed E-state index contributed by atoms with van der Waals surface area (Å²) in [5, 5.41) is 0. The van der Waals surface area contributed by atoms with Gasteiger partial charge in [-0.3, -0.25) is 0 Å². The third-order valence-corrected chi connectivity index (χ3v) is 0.693. The molecular formula is C16H22. The summed E-state index contributed by atoms with van der Waals surface area (Å²) in [6.07, 6.45) is 16.7.